The highest BCUT2D eigenvalue weighted by Gasteiger charge is 2.22. The highest BCUT2D eigenvalue weighted by atomic mass is 35.5. The molecule has 1 unspecified atom stereocenters. The Hall–Kier alpha value is -2.34. The molecular weight excluding hydrogens is 433 g/mol. The summed E-state index contributed by atoms with van der Waals surface area (Å²) in [6.45, 7) is 8.31. The molecule has 1 heterocycles. The van der Waals surface area contributed by atoms with Crippen LogP contribution < -0.4 is 5.32 Å². The Bertz CT molecular complexity index is 1090. The highest BCUT2D eigenvalue weighted by molar-refractivity contribution is 6.31. The largest absolute Gasteiger partial charge is 0.392 e. The van der Waals surface area contributed by atoms with Crippen molar-refractivity contribution >= 4 is 29.1 Å². The van der Waals surface area contributed by atoms with Crippen molar-refractivity contribution in [1.82, 2.24) is 15.1 Å². The Morgan fingerprint density at radius 3 is 2.52 bits per heavy atom. The molecule has 0 radical (unpaired) electrons. The Labute approximate surface area is 193 Å². The number of amides is 1. The summed E-state index contributed by atoms with van der Waals surface area (Å²) >= 11 is 12.4. The number of benzene rings is 2. The predicted octanol–water partition coefficient (Wildman–Crippen LogP) is 5.39. The molecule has 7 heteroatoms. The van der Waals surface area contributed by atoms with Crippen LogP contribution in [0.5, 0.6) is 0 Å². The van der Waals surface area contributed by atoms with Crippen molar-refractivity contribution in [2.24, 2.45) is 0 Å². The normalized spacial score (nSPS) is 12.6. The summed E-state index contributed by atoms with van der Waals surface area (Å²) in [6.07, 6.45) is 0. The molecule has 5 nitrogen and oxygen atoms in total. The van der Waals surface area contributed by atoms with Gasteiger partial charge in [0.2, 0.25) is 5.91 Å². The molecule has 1 aromatic heterocycles. The summed E-state index contributed by atoms with van der Waals surface area (Å²) in [4.78, 5) is 12.8. The molecule has 3 rings (SSSR count). The van der Waals surface area contributed by atoms with E-state index in [9.17, 15) is 9.90 Å². The van der Waals surface area contributed by atoms with Gasteiger partial charge in [-0.15, -0.1) is 0 Å². The van der Waals surface area contributed by atoms with E-state index in [1.807, 2.05) is 48.0 Å². The molecular formula is C24H27Cl2N3O2. The van der Waals surface area contributed by atoms with Crippen molar-refractivity contribution in [1.29, 1.82) is 0 Å². The number of aromatic nitrogens is 2. The molecule has 1 amide bonds. The first-order chi connectivity index (χ1) is 14.6. The number of aliphatic hydroxyl groups excluding tert-OH is 1. The third-order valence-electron chi connectivity index (χ3n) is 5.19. The maximum Gasteiger partial charge on any atom is 0.227 e. The molecule has 2 N–H and O–H groups in total. The minimum absolute atomic E-state index is 0.121. The first kappa shape index (κ1) is 23.3. The third kappa shape index (κ3) is 5.48. The molecule has 2 aromatic carbocycles. The fourth-order valence-corrected chi connectivity index (χ4v) is 3.62. The van der Waals surface area contributed by atoms with Gasteiger partial charge in [0.15, 0.2) is 0 Å². The van der Waals surface area contributed by atoms with Crippen LogP contribution in [0.3, 0.4) is 0 Å². The van der Waals surface area contributed by atoms with E-state index in [1.165, 1.54) is 0 Å². The summed E-state index contributed by atoms with van der Waals surface area (Å²) in [5, 5.41) is 18.1. The van der Waals surface area contributed by atoms with Crippen LogP contribution in [0.4, 0.5) is 0 Å². The van der Waals surface area contributed by atoms with E-state index in [1.54, 1.807) is 12.1 Å². The maximum absolute atomic E-state index is 12.8. The maximum atomic E-state index is 12.8. The van der Waals surface area contributed by atoms with Gasteiger partial charge in [0.05, 0.1) is 36.1 Å². The second kappa shape index (κ2) is 9.43. The standard InChI is InChI=1S/C24H27Cl2N3O2/c1-15(16-8-9-17(14-30)21(26)10-16)23(31)27-13-20-12-22(24(2,3)4)28-29(20)19-7-5-6-18(25)11-19/h5-12,15,30H,13-14H2,1-4H3,(H,27,31). The van der Waals surface area contributed by atoms with Crippen molar-refractivity contribution < 1.29 is 9.90 Å². The van der Waals surface area contributed by atoms with Crippen LogP contribution in [0.1, 0.15) is 56.1 Å². The fraction of sp³-hybridized carbons (Fsp3) is 0.333. The van der Waals surface area contributed by atoms with Crippen LogP contribution in [0, 0.1) is 0 Å². The SMILES string of the molecule is CC(C(=O)NCc1cc(C(C)(C)C)nn1-c1cccc(Cl)c1)c1ccc(CO)c(Cl)c1. The van der Waals surface area contributed by atoms with Gasteiger partial charge in [-0.25, -0.2) is 4.68 Å². The Kier molecular flexibility index (Phi) is 7.10. The van der Waals surface area contributed by atoms with Crippen molar-refractivity contribution in [2.45, 2.75) is 52.2 Å². The van der Waals surface area contributed by atoms with E-state index in [4.69, 9.17) is 28.3 Å². The Balaban J connectivity index is 1.82. The lowest BCUT2D eigenvalue weighted by Gasteiger charge is -2.14. The molecule has 0 spiro atoms. The Morgan fingerprint density at radius 1 is 1.16 bits per heavy atom. The monoisotopic (exact) mass is 459 g/mol. The summed E-state index contributed by atoms with van der Waals surface area (Å²) in [7, 11) is 0. The molecule has 1 atom stereocenters. The smallest absolute Gasteiger partial charge is 0.227 e. The molecule has 3 aromatic rings. The summed E-state index contributed by atoms with van der Waals surface area (Å²) in [5.74, 6) is -0.515. The van der Waals surface area contributed by atoms with Crippen molar-refractivity contribution in [3.05, 3.63) is 81.1 Å². The average Bonchev–Trinajstić information content (AvgIpc) is 3.16. The molecule has 0 aliphatic rings. The van der Waals surface area contributed by atoms with Crippen LogP contribution in [-0.4, -0.2) is 20.8 Å². The van der Waals surface area contributed by atoms with Gasteiger partial charge in [0.1, 0.15) is 0 Å². The van der Waals surface area contributed by atoms with Crippen LogP contribution in [0.2, 0.25) is 10.0 Å². The van der Waals surface area contributed by atoms with Gasteiger partial charge in [-0.2, -0.15) is 5.10 Å². The van der Waals surface area contributed by atoms with Gasteiger partial charge in [-0.05, 0) is 48.4 Å². The number of halogens is 2. The number of hydrogen-bond acceptors (Lipinski definition) is 3. The van der Waals surface area contributed by atoms with Gasteiger partial charge in [0, 0.05) is 15.5 Å². The van der Waals surface area contributed by atoms with E-state index >= 15 is 0 Å². The van der Waals surface area contributed by atoms with E-state index in [0.717, 1.165) is 22.6 Å². The average molecular weight is 460 g/mol. The second-order valence-corrected chi connectivity index (χ2v) is 9.45. The second-order valence-electron chi connectivity index (χ2n) is 8.61. The number of aliphatic hydroxyl groups is 1. The van der Waals surface area contributed by atoms with Gasteiger partial charge in [-0.1, -0.05) is 62.2 Å². The molecule has 0 saturated heterocycles. The van der Waals surface area contributed by atoms with Gasteiger partial charge < -0.3 is 10.4 Å². The van der Waals surface area contributed by atoms with Crippen LogP contribution >= 0.6 is 23.2 Å². The van der Waals surface area contributed by atoms with Crippen LogP contribution in [0.15, 0.2) is 48.5 Å². The highest BCUT2D eigenvalue weighted by Crippen LogP contribution is 2.26. The topological polar surface area (TPSA) is 67.2 Å². The zero-order valence-corrected chi connectivity index (χ0v) is 19.6. The first-order valence-electron chi connectivity index (χ1n) is 10.1. The molecule has 0 aliphatic heterocycles. The summed E-state index contributed by atoms with van der Waals surface area (Å²) < 4.78 is 1.82. The van der Waals surface area contributed by atoms with E-state index in [2.05, 4.69) is 26.1 Å². The van der Waals surface area contributed by atoms with Gasteiger partial charge >= 0.3 is 0 Å². The minimum Gasteiger partial charge on any atom is -0.392 e. The number of rotatable bonds is 6. The summed E-state index contributed by atoms with van der Waals surface area (Å²) in [5.41, 5.74) is 3.92. The lowest BCUT2D eigenvalue weighted by atomic mass is 9.92. The van der Waals surface area contributed by atoms with Gasteiger partial charge in [0.25, 0.3) is 0 Å². The van der Waals surface area contributed by atoms with Crippen molar-refractivity contribution in [3.8, 4) is 5.69 Å². The van der Waals surface area contributed by atoms with E-state index < -0.39 is 5.92 Å². The van der Waals surface area contributed by atoms with Crippen LogP contribution in [-0.2, 0) is 23.4 Å². The Morgan fingerprint density at radius 2 is 1.90 bits per heavy atom. The zero-order chi connectivity index (χ0) is 22.8. The molecule has 0 fully saturated rings. The van der Waals surface area contributed by atoms with E-state index in [-0.39, 0.29) is 17.9 Å². The first-order valence-corrected chi connectivity index (χ1v) is 10.9. The fourth-order valence-electron chi connectivity index (χ4n) is 3.19. The zero-order valence-electron chi connectivity index (χ0n) is 18.1. The van der Waals surface area contributed by atoms with Crippen LogP contribution in [0.25, 0.3) is 5.69 Å². The molecule has 0 aliphatic carbocycles. The number of nitrogens with zero attached hydrogens (tertiary/aromatic N) is 2. The number of hydrogen-bond donors (Lipinski definition) is 2. The summed E-state index contributed by atoms with van der Waals surface area (Å²) in [6, 6.07) is 14.8. The van der Waals surface area contributed by atoms with Crippen molar-refractivity contribution in [2.75, 3.05) is 0 Å². The minimum atomic E-state index is -0.394. The quantitative estimate of drug-likeness (QED) is 0.519. The predicted molar refractivity (Wildman–Crippen MR) is 125 cm³/mol. The molecule has 164 valence electrons. The number of carbonyl (C=O) groups excluding carboxylic acids is 1. The lowest BCUT2D eigenvalue weighted by molar-refractivity contribution is -0.122. The third-order valence-corrected chi connectivity index (χ3v) is 5.78. The molecule has 0 bridgehead atoms. The molecule has 31 heavy (non-hydrogen) atoms. The molecule has 0 saturated carbocycles. The van der Waals surface area contributed by atoms with Crippen molar-refractivity contribution in [3.63, 3.8) is 0 Å². The lowest BCUT2D eigenvalue weighted by Crippen LogP contribution is -2.28. The van der Waals surface area contributed by atoms with Gasteiger partial charge in [-0.3, -0.25) is 4.79 Å². The number of nitrogens with one attached hydrogen (secondary N) is 1. The van der Waals surface area contributed by atoms with E-state index in [0.29, 0.717) is 22.2 Å². The number of carbonyl (C=O) groups is 1.